The Morgan fingerprint density at radius 3 is 2.25 bits per heavy atom. The molecule has 0 fully saturated rings. The predicted octanol–water partition coefficient (Wildman–Crippen LogP) is -2.25. The van der Waals surface area contributed by atoms with Crippen LogP contribution in [0, 0.1) is 0 Å². The van der Waals surface area contributed by atoms with Gasteiger partial charge in [-0.1, -0.05) is 6.08 Å². The molecule has 16 heavy (non-hydrogen) atoms. The molecule has 0 aromatic carbocycles. The Morgan fingerprint density at radius 1 is 1.31 bits per heavy atom. The number of carbonyl (C=O) groups is 1. The van der Waals surface area contributed by atoms with Crippen molar-refractivity contribution < 1.29 is 25.2 Å². The number of rotatable bonds is 8. The highest BCUT2D eigenvalue weighted by atomic mass is 16.4. The molecule has 0 heterocycles. The molecule has 0 radical (unpaired) electrons. The number of aliphatic hydroxyl groups is 4. The van der Waals surface area contributed by atoms with Gasteiger partial charge in [-0.05, 0) is 7.05 Å². The highest BCUT2D eigenvalue weighted by molar-refractivity contribution is 5.59. The first kappa shape index (κ1) is 15.2. The van der Waals surface area contributed by atoms with Crippen LogP contribution in [0.15, 0.2) is 12.7 Å². The van der Waals surface area contributed by atoms with Gasteiger partial charge in [0, 0.05) is 6.54 Å². The first-order valence-corrected chi connectivity index (χ1v) is 4.91. The molecule has 0 saturated heterocycles. The van der Waals surface area contributed by atoms with E-state index in [0.717, 1.165) is 0 Å². The summed E-state index contributed by atoms with van der Waals surface area (Å²) in [5.74, 6) is 0. The van der Waals surface area contributed by atoms with E-state index < -0.39 is 31.0 Å². The molecule has 0 aliphatic rings. The lowest BCUT2D eigenvalue weighted by Gasteiger charge is -2.31. The third-order valence-corrected chi connectivity index (χ3v) is 2.35. The summed E-state index contributed by atoms with van der Waals surface area (Å²) < 4.78 is 0. The normalized spacial score (nSPS) is 18.9. The first-order valence-electron chi connectivity index (χ1n) is 4.91. The molecule has 0 aromatic rings. The highest BCUT2D eigenvalue weighted by Crippen LogP contribution is 2.08. The Kier molecular flexibility index (Phi) is 7.11. The van der Waals surface area contributed by atoms with Gasteiger partial charge >= 0.3 is 0 Å². The average Bonchev–Trinajstić information content (AvgIpc) is 2.28. The summed E-state index contributed by atoms with van der Waals surface area (Å²) in [5, 5.41) is 36.8. The number of carbonyl (C=O) groups excluding carboxylic acids is 1. The molecule has 6 heteroatoms. The van der Waals surface area contributed by atoms with E-state index in [0.29, 0.717) is 12.8 Å². The van der Waals surface area contributed by atoms with Crippen molar-refractivity contribution in [2.45, 2.75) is 24.4 Å². The molecule has 4 atom stereocenters. The minimum absolute atomic E-state index is 0.350. The van der Waals surface area contributed by atoms with E-state index in [-0.39, 0.29) is 0 Å². The minimum atomic E-state index is -1.58. The molecule has 0 aliphatic heterocycles. The van der Waals surface area contributed by atoms with Crippen molar-refractivity contribution in [1.82, 2.24) is 4.90 Å². The van der Waals surface area contributed by atoms with Gasteiger partial charge in [-0.2, -0.15) is 0 Å². The zero-order valence-corrected chi connectivity index (χ0v) is 9.23. The predicted molar refractivity (Wildman–Crippen MR) is 57.8 cm³/mol. The maximum Gasteiger partial charge on any atom is 0.139 e. The second-order valence-electron chi connectivity index (χ2n) is 3.59. The van der Waals surface area contributed by atoms with Crippen molar-refractivity contribution in [2.75, 3.05) is 20.2 Å². The van der Waals surface area contributed by atoms with Crippen molar-refractivity contribution in [3.63, 3.8) is 0 Å². The van der Waals surface area contributed by atoms with Crippen LogP contribution in [0.5, 0.6) is 0 Å². The van der Waals surface area contributed by atoms with Crippen LogP contribution < -0.4 is 0 Å². The van der Waals surface area contributed by atoms with Crippen LogP contribution in [-0.2, 0) is 4.79 Å². The van der Waals surface area contributed by atoms with Crippen molar-refractivity contribution >= 4 is 6.29 Å². The lowest BCUT2D eigenvalue weighted by molar-refractivity contribution is -0.127. The van der Waals surface area contributed by atoms with Gasteiger partial charge in [0.2, 0.25) is 0 Å². The molecular weight excluding hydrogens is 214 g/mol. The van der Waals surface area contributed by atoms with Crippen molar-refractivity contribution in [3.8, 4) is 0 Å². The van der Waals surface area contributed by atoms with Crippen molar-refractivity contribution in [3.05, 3.63) is 12.7 Å². The van der Waals surface area contributed by atoms with Crippen LogP contribution in [0.2, 0.25) is 0 Å². The number of aldehydes is 1. The van der Waals surface area contributed by atoms with Crippen LogP contribution in [0.3, 0.4) is 0 Å². The molecule has 0 bridgehead atoms. The van der Waals surface area contributed by atoms with Gasteiger partial charge in [-0.25, -0.2) is 0 Å². The largest absolute Gasteiger partial charge is 0.394 e. The Balaban J connectivity index is 4.56. The van der Waals surface area contributed by atoms with Gasteiger partial charge in [0.1, 0.15) is 24.6 Å². The van der Waals surface area contributed by atoms with Crippen molar-refractivity contribution in [1.29, 1.82) is 0 Å². The second kappa shape index (κ2) is 7.48. The van der Waals surface area contributed by atoms with Crippen LogP contribution in [0.1, 0.15) is 0 Å². The van der Waals surface area contributed by atoms with E-state index in [1.807, 2.05) is 0 Å². The van der Waals surface area contributed by atoms with E-state index in [1.54, 1.807) is 7.05 Å². The fourth-order valence-corrected chi connectivity index (χ4v) is 1.31. The zero-order valence-electron chi connectivity index (χ0n) is 9.23. The molecule has 0 unspecified atom stereocenters. The van der Waals surface area contributed by atoms with E-state index in [9.17, 15) is 15.0 Å². The average molecular weight is 233 g/mol. The summed E-state index contributed by atoms with van der Waals surface area (Å²) in [6.45, 7) is 3.15. The summed E-state index contributed by atoms with van der Waals surface area (Å²) >= 11 is 0. The summed E-state index contributed by atoms with van der Waals surface area (Å²) in [6, 6.07) is -0.964. The molecule has 0 aromatic heterocycles. The molecule has 0 rings (SSSR count). The Hall–Kier alpha value is -0.790. The minimum Gasteiger partial charge on any atom is -0.394 e. The van der Waals surface area contributed by atoms with Gasteiger partial charge in [-0.3, -0.25) is 4.90 Å². The number of hydrogen-bond acceptors (Lipinski definition) is 6. The lowest BCUT2D eigenvalue weighted by Crippen LogP contribution is -2.52. The van der Waals surface area contributed by atoms with Gasteiger partial charge in [0.15, 0.2) is 0 Å². The number of nitrogens with zero attached hydrogens (tertiary/aromatic N) is 1. The Labute approximate surface area is 94.4 Å². The van der Waals surface area contributed by atoms with Crippen LogP contribution >= 0.6 is 0 Å². The standard InChI is InChI=1S/C10H19NO5/c1-3-4-11(2)7(5-12)9(15)10(16)8(14)6-13/h3,5,7-10,13-16H,1,4,6H2,2H3/t7-,8+,9+,10+/m0/s1. The van der Waals surface area contributed by atoms with E-state index in [2.05, 4.69) is 6.58 Å². The molecule has 0 spiro atoms. The van der Waals surface area contributed by atoms with Gasteiger partial charge < -0.3 is 25.2 Å². The fourth-order valence-electron chi connectivity index (χ4n) is 1.31. The van der Waals surface area contributed by atoms with Crippen LogP contribution in [0.4, 0.5) is 0 Å². The maximum absolute atomic E-state index is 10.8. The van der Waals surface area contributed by atoms with Crippen LogP contribution in [-0.4, -0.2) is 76.2 Å². The third-order valence-electron chi connectivity index (χ3n) is 2.35. The number of aliphatic hydroxyl groups excluding tert-OH is 4. The molecule has 0 amide bonds. The zero-order chi connectivity index (χ0) is 12.7. The van der Waals surface area contributed by atoms with E-state index >= 15 is 0 Å². The van der Waals surface area contributed by atoms with Gasteiger partial charge in [-0.15, -0.1) is 6.58 Å². The third kappa shape index (κ3) is 3.99. The molecule has 0 aliphatic carbocycles. The number of hydrogen-bond donors (Lipinski definition) is 4. The molecule has 6 nitrogen and oxygen atoms in total. The van der Waals surface area contributed by atoms with Crippen LogP contribution in [0.25, 0.3) is 0 Å². The molecule has 94 valence electrons. The van der Waals surface area contributed by atoms with E-state index in [4.69, 9.17) is 10.2 Å². The summed E-state index contributed by atoms with van der Waals surface area (Å²) in [4.78, 5) is 12.3. The molecular formula is C10H19NO5. The quantitative estimate of drug-likeness (QED) is 0.279. The SMILES string of the molecule is C=CCN(C)[C@@H](C=O)[C@@H](O)[C@H](O)[C@H](O)CO. The van der Waals surface area contributed by atoms with Gasteiger partial charge in [0.25, 0.3) is 0 Å². The lowest BCUT2D eigenvalue weighted by atomic mass is 10.0. The summed E-state index contributed by atoms with van der Waals surface area (Å²) in [6.07, 6.45) is -2.51. The Bertz CT molecular complexity index is 223. The summed E-state index contributed by atoms with van der Waals surface area (Å²) in [5.41, 5.74) is 0. The monoisotopic (exact) mass is 233 g/mol. The molecule has 0 saturated carbocycles. The highest BCUT2D eigenvalue weighted by Gasteiger charge is 2.32. The Morgan fingerprint density at radius 2 is 1.88 bits per heavy atom. The van der Waals surface area contributed by atoms with Crippen molar-refractivity contribution in [2.24, 2.45) is 0 Å². The number of likely N-dealkylation sites (N-methyl/N-ethyl adjacent to an activating group) is 1. The maximum atomic E-state index is 10.8. The summed E-state index contributed by atoms with van der Waals surface area (Å²) in [7, 11) is 1.57. The fraction of sp³-hybridized carbons (Fsp3) is 0.700. The van der Waals surface area contributed by atoms with Gasteiger partial charge in [0.05, 0.1) is 12.6 Å². The van der Waals surface area contributed by atoms with E-state index in [1.165, 1.54) is 11.0 Å². The topological polar surface area (TPSA) is 101 Å². The first-order chi connectivity index (χ1) is 7.49. The molecule has 4 N–H and O–H groups in total. The smallest absolute Gasteiger partial charge is 0.139 e. The second-order valence-corrected chi connectivity index (χ2v) is 3.59.